The Kier molecular flexibility index (Phi) is 10.7. The minimum absolute atomic E-state index is 0.141. The van der Waals surface area contributed by atoms with Gasteiger partial charge in [-0.1, -0.05) is 39.3 Å². The lowest BCUT2D eigenvalue weighted by Crippen LogP contribution is -2.33. The van der Waals surface area contributed by atoms with Crippen LogP contribution in [0, 0.1) is 0 Å². The number of aromatic amines is 1. The Morgan fingerprint density at radius 2 is 1.91 bits per heavy atom. The summed E-state index contributed by atoms with van der Waals surface area (Å²) in [6.45, 7) is 12.2. The van der Waals surface area contributed by atoms with Crippen LogP contribution in [-0.2, 0) is 4.74 Å². The summed E-state index contributed by atoms with van der Waals surface area (Å²) in [6.07, 6.45) is 5.86. The molecule has 4 heterocycles. The fourth-order valence-electron chi connectivity index (χ4n) is 3.78. The molecule has 1 aliphatic heterocycles. The van der Waals surface area contributed by atoms with Crippen LogP contribution in [0.1, 0.15) is 58.9 Å². The molecule has 0 amide bonds. The molecule has 0 aliphatic carbocycles. The van der Waals surface area contributed by atoms with Crippen LogP contribution in [-0.4, -0.2) is 52.8 Å². The van der Waals surface area contributed by atoms with Gasteiger partial charge in [0, 0.05) is 44.0 Å². The number of H-pyrrole nitrogens is 1. The molecule has 1 aliphatic rings. The SMILES string of the molecule is CC.CC.COC[C@@H](C)Oc1nc(Cl)cc(N2CCC(c3c[nH]c4ncccc34)CC2)n1. The van der Waals surface area contributed by atoms with E-state index in [4.69, 9.17) is 21.1 Å². The molecule has 7 nitrogen and oxygen atoms in total. The second-order valence-corrected chi connectivity index (χ2v) is 7.51. The molecule has 3 aromatic rings. The van der Waals surface area contributed by atoms with Crippen LogP contribution < -0.4 is 9.64 Å². The predicted octanol–water partition coefficient (Wildman–Crippen LogP) is 5.86. The minimum Gasteiger partial charge on any atom is -0.458 e. The van der Waals surface area contributed by atoms with Crippen LogP contribution in [0.15, 0.2) is 30.6 Å². The van der Waals surface area contributed by atoms with Gasteiger partial charge in [-0.15, -0.1) is 0 Å². The van der Waals surface area contributed by atoms with Crippen molar-refractivity contribution in [2.45, 2.75) is 59.5 Å². The van der Waals surface area contributed by atoms with Crippen molar-refractivity contribution in [2.75, 3.05) is 31.7 Å². The van der Waals surface area contributed by atoms with Gasteiger partial charge < -0.3 is 19.4 Å². The Morgan fingerprint density at radius 1 is 1.19 bits per heavy atom. The van der Waals surface area contributed by atoms with E-state index in [9.17, 15) is 0 Å². The summed E-state index contributed by atoms with van der Waals surface area (Å²) >= 11 is 6.20. The normalized spacial score (nSPS) is 14.8. The summed E-state index contributed by atoms with van der Waals surface area (Å²) in [6, 6.07) is 6.21. The van der Waals surface area contributed by atoms with Gasteiger partial charge in [0.2, 0.25) is 0 Å². The van der Waals surface area contributed by atoms with Crippen LogP contribution in [0.2, 0.25) is 5.15 Å². The number of rotatable bonds is 6. The molecule has 176 valence electrons. The molecule has 8 heteroatoms. The van der Waals surface area contributed by atoms with Crippen molar-refractivity contribution >= 4 is 28.5 Å². The number of ether oxygens (including phenoxy) is 2. The highest BCUT2D eigenvalue weighted by Crippen LogP contribution is 2.34. The monoisotopic (exact) mass is 461 g/mol. The van der Waals surface area contributed by atoms with Crippen LogP contribution in [0.25, 0.3) is 11.0 Å². The lowest BCUT2D eigenvalue weighted by molar-refractivity contribution is 0.0856. The number of hydrogen-bond donors (Lipinski definition) is 1. The van der Waals surface area contributed by atoms with Gasteiger partial charge in [-0.2, -0.15) is 9.97 Å². The van der Waals surface area contributed by atoms with Crippen LogP contribution in [0.4, 0.5) is 5.82 Å². The van der Waals surface area contributed by atoms with Gasteiger partial charge in [-0.25, -0.2) is 4.98 Å². The van der Waals surface area contributed by atoms with Crippen LogP contribution in [0.3, 0.4) is 0 Å². The molecule has 1 atom stereocenters. The summed E-state index contributed by atoms with van der Waals surface area (Å²) in [7, 11) is 1.64. The first-order chi connectivity index (χ1) is 15.6. The zero-order valence-corrected chi connectivity index (χ0v) is 20.8. The van der Waals surface area contributed by atoms with Gasteiger partial charge in [0.25, 0.3) is 0 Å². The van der Waals surface area contributed by atoms with E-state index in [2.05, 4.69) is 37.1 Å². The zero-order chi connectivity index (χ0) is 23.5. The topological polar surface area (TPSA) is 76.2 Å². The maximum Gasteiger partial charge on any atom is 0.320 e. The molecule has 1 N–H and O–H groups in total. The van der Waals surface area contributed by atoms with E-state index in [1.807, 2.05) is 46.9 Å². The number of nitrogens with one attached hydrogen (secondary N) is 1. The third kappa shape index (κ3) is 6.56. The Labute approximate surface area is 196 Å². The number of nitrogens with zero attached hydrogens (tertiary/aromatic N) is 4. The van der Waals surface area contributed by atoms with E-state index in [1.54, 1.807) is 13.2 Å². The fraction of sp³-hybridized carbons (Fsp3) is 0.542. The first kappa shape index (κ1) is 25.9. The van der Waals surface area contributed by atoms with Crippen molar-refractivity contribution in [2.24, 2.45) is 0 Å². The number of aromatic nitrogens is 4. The van der Waals surface area contributed by atoms with E-state index in [0.717, 1.165) is 37.4 Å². The average Bonchev–Trinajstić information content (AvgIpc) is 3.26. The van der Waals surface area contributed by atoms with Crippen molar-refractivity contribution in [1.82, 2.24) is 19.9 Å². The average molecular weight is 462 g/mol. The van der Waals surface area contributed by atoms with E-state index >= 15 is 0 Å². The van der Waals surface area contributed by atoms with Crippen LogP contribution >= 0.6 is 11.6 Å². The van der Waals surface area contributed by atoms with E-state index in [0.29, 0.717) is 17.7 Å². The van der Waals surface area contributed by atoms with E-state index in [1.165, 1.54) is 10.9 Å². The first-order valence-electron chi connectivity index (χ1n) is 11.5. The molecule has 0 spiro atoms. The molecule has 4 rings (SSSR count). The standard InChI is InChI=1S/C20H24ClN5O2.2C2H6/c1-13(12-27-2)28-20-24-17(21)10-18(25-20)26-8-5-14(6-9-26)16-11-23-19-15(16)4-3-7-22-19;2*1-2/h3-4,7,10-11,13-14H,5-6,8-9,12H2,1-2H3,(H,22,23);2*1-2H3/t13-;;/m1../s1. The van der Waals surface area contributed by atoms with Crippen molar-refractivity contribution in [3.05, 3.63) is 41.3 Å². The molecule has 1 fully saturated rings. The minimum atomic E-state index is -0.141. The number of hydrogen-bond acceptors (Lipinski definition) is 6. The van der Waals surface area contributed by atoms with Gasteiger partial charge in [-0.05, 0) is 43.4 Å². The number of methoxy groups -OCH3 is 1. The molecule has 0 aromatic carbocycles. The summed E-state index contributed by atoms with van der Waals surface area (Å²) < 4.78 is 10.8. The lowest BCUT2D eigenvalue weighted by Gasteiger charge is -2.33. The van der Waals surface area contributed by atoms with Gasteiger partial charge in [-0.3, -0.25) is 0 Å². The van der Waals surface area contributed by atoms with Crippen molar-refractivity contribution in [3.63, 3.8) is 0 Å². The van der Waals surface area contributed by atoms with Gasteiger partial charge in [0.1, 0.15) is 22.7 Å². The molecule has 0 radical (unpaired) electrons. The number of fused-ring (bicyclic) bond motifs is 1. The van der Waals surface area contributed by atoms with Crippen molar-refractivity contribution in [1.29, 1.82) is 0 Å². The molecule has 0 unspecified atom stereocenters. The summed E-state index contributed by atoms with van der Waals surface area (Å²) in [5, 5.41) is 1.60. The summed E-state index contributed by atoms with van der Waals surface area (Å²) in [5.41, 5.74) is 2.30. The number of halogens is 1. The molecule has 32 heavy (non-hydrogen) atoms. The highest BCUT2D eigenvalue weighted by atomic mass is 35.5. The molecule has 0 saturated carbocycles. The molecular formula is C24H36ClN5O2. The largest absolute Gasteiger partial charge is 0.458 e. The molecule has 1 saturated heterocycles. The first-order valence-corrected chi connectivity index (χ1v) is 11.9. The van der Waals surface area contributed by atoms with E-state index < -0.39 is 0 Å². The Bertz CT molecular complexity index is 941. The third-order valence-corrected chi connectivity index (χ3v) is 5.30. The maximum absolute atomic E-state index is 6.20. The Morgan fingerprint density at radius 3 is 2.59 bits per heavy atom. The Balaban J connectivity index is 0.000000860. The number of piperidine rings is 1. The van der Waals surface area contributed by atoms with Gasteiger partial charge in [0.05, 0.1) is 6.61 Å². The molecular weight excluding hydrogens is 426 g/mol. The maximum atomic E-state index is 6.20. The third-order valence-electron chi connectivity index (χ3n) is 5.11. The second-order valence-electron chi connectivity index (χ2n) is 7.12. The highest BCUT2D eigenvalue weighted by molar-refractivity contribution is 6.29. The predicted molar refractivity (Wildman–Crippen MR) is 132 cm³/mol. The quantitative estimate of drug-likeness (QED) is 0.463. The van der Waals surface area contributed by atoms with Crippen molar-refractivity contribution < 1.29 is 9.47 Å². The Hall–Kier alpha value is -2.38. The summed E-state index contributed by atoms with van der Waals surface area (Å²) in [4.78, 5) is 18.7. The second kappa shape index (κ2) is 13.2. The zero-order valence-electron chi connectivity index (χ0n) is 20.1. The fourth-order valence-corrected chi connectivity index (χ4v) is 3.95. The van der Waals surface area contributed by atoms with Gasteiger partial charge in [0.15, 0.2) is 0 Å². The highest BCUT2D eigenvalue weighted by Gasteiger charge is 2.24. The molecule has 3 aromatic heterocycles. The van der Waals surface area contributed by atoms with Crippen molar-refractivity contribution in [3.8, 4) is 6.01 Å². The molecule has 0 bridgehead atoms. The number of anilines is 1. The van der Waals surface area contributed by atoms with E-state index in [-0.39, 0.29) is 12.1 Å². The smallest absolute Gasteiger partial charge is 0.320 e. The summed E-state index contributed by atoms with van der Waals surface area (Å²) in [5.74, 6) is 1.31. The van der Waals surface area contributed by atoms with Crippen LogP contribution in [0.5, 0.6) is 6.01 Å². The number of pyridine rings is 1. The lowest BCUT2D eigenvalue weighted by atomic mass is 9.89. The van der Waals surface area contributed by atoms with Gasteiger partial charge >= 0.3 is 6.01 Å².